The lowest BCUT2D eigenvalue weighted by molar-refractivity contribution is -0.384. The summed E-state index contributed by atoms with van der Waals surface area (Å²) in [7, 11) is 0. The zero-order valence-electron chi connectivity index (χ0n) is 26.5. The third-order valence-electron chi connectivity index (χ3n) is 9.02. The van der Waals surface area contributed by atoms with E-state index in [2.05, 4.69) is 15.5 Å². The Morgan fingerprint density at radius 2 is 1.53 bits per heavy atom. The van der Waals surface area contributed by atoms with Gasteiger partial charge in [-0.25, -0.2) is 0 Å². The number of dihydropyridines is 1. The molecule has 1 saturated heterocycles. The van der Waals surface area contributed by atoms with Gasteiger partial charge in [0.1, 0.15) is 5.75 Å². The fourth-order valence-corrected chi connectivity index (χ4v) is 6.56. The molecule has 0 aliphatic carbocycles. The van der Waals surface area contributed by atoms with Crippen LogP contribution in [0.4, 0.5) is 5.69 Å². The number of nitro groups is 1. The number of para-hydroxylation sites is 1. The highest BCUT2D eigenvalue weighted by Gasteiger charge is 2.44. The fraction of sp³-hybridized carbons (Fsp3) is 0.306. The standard InChI is InChI=1S/C36H39N5O6/c1-24-30(33(37)42)32(26-14-16-28(17-15-26)41(45)46)31(25(2)39-24)34(43)38-20-9-21-40-22-18-36(19-23-40,27-10-5-3-6-11-27)35(44)47-29-12-7-4-8-13-29/h3-8,10-17,32,39H,9,18-23H2,1-2H3,(H2,37,42)(H,38,43). The number of piperidine rings is 1. The Bertz CT molecular complexity index is 1690. The van der Waals surface area contributed by atoms with E-state index < -0.39 is 22.2 Å². The van der Waals surface area contributed by atoms with E-state index in [1.807, 2.05) is 48.5 Å². The van der Waals surface area contributed by atoms with Gasteiger partial charge in [0.15, 0.2) is 0 Å². The van der Waals surface area contributed by atoms with Gasteiger partial charge in [0.25, 0.3) is 5.69 Å². The molecule has 1 fully saturated rings. The summed E-state index contributed by atoms with van der Waals surface area (Å²) in [6.45, 7) is 5.94. The Hall–Kier alpha value is -5.29. The molecular formula is C36H39N5O6. The number of carbonyl (C=O) groups excluding carboxylic acids is 3. The van der Waals surface area contributed by atoms with Crippen LogP contribution in [0.5, 0.6) is 5.75 Å². The first-order valence-electron chi connectivity index (χ1n) is 15.7. The Labute approximate surface area is 273 Å². The van der Waals surface area contributed by atoms with Crippen LogP contribution in [0.15, 0.2) is 107 Å². The number of likely N-dealkylation sites (tertiary alicyclic amines) is 1. The predicted octanol–water partition coefficient (Wildman–Crippen LogP) is 4.46. The van der Waals surface area contributed by atoms with Gasteiger partial charge in [-0.1, -0.05) is 60.7 Å². The lowest BCUT2D eigenvalue weighted by atomic mass is 9.72. The number of nitrogens with zero attached hydrogens (tertiary/aromatic N) is 2. The largest absolute Gasteiger partial charge is 0.426 e. The number of ether oxygens (including phenoxy) is 1. The Kier molecular flexibility index (Phi) is 10.2. The fourth-order valence-electron chi connectivity index (χ4n) is 6.56. The summed E-state index contributed by atoms with van der Waals surface area (Å²) in [5.41, 5.74) is 8.07. The number of esters is 1. The van der Waals surface area contributed by atoms with Crippen molar-refractivity contribution in [2.75, 3.05) is 26.2 Å². The summed E-state index contributed by atoms with van der Waals surface area (Å²) in [6, 6.07) is 24.7. The van der Waals surface area contributed by atoms with E-state index in [4.69, 9.17) is 10.5 Å². The SMILES string of the molecule is CC1=C(C(N)=O)C(c2ccc([N+](=O)[O-])cc2)C(C(=O)NCCCN2CCC(C(=O)Oc3ccccc3)(c3ccccc3)CC2)=C(C)N1. The number of nitro benzene ring substituents is 1. The van der Waals surface area contributed by atoms with Gasteiger partial charge in [0.2, 0.25) is 11.8 Å². The molecule has 47 heavy (non-hydrogen) atoms. The van der Waals surface area contributed by atoms with Gasteiger partial charge >= 0.3 is 5.97 Å². The number of primary amides is 1. The smallest absolute Gasteiger partial charge is 0.322 e. The normalized spacial score (nSPS) is 17.9. The Morgan fingerprint density at radius 3 is 2.13 bits per heavy atom. The molecule has 2 amide bonds. The molecule has 4 N–H and O–H groups in total. The maximum absolute atomic E-state index is 13.6. The van der Waals surface area contributed by atoms with E-state index in [9.17, 15) is 24.5 Å². The van der Waals surface area contributed by atoms with Crippen molar-refractivity contribution < 1.29 is 24.0 Å². The van der Waals surface area contributed by atoms with Crippen LogP contribution >= 0.6 is 0 Å². The molecule has 1 atom stereocenters. The molecule has 11 nitrogen and oxygen atoms in total. The van der Waals surface area contributed by atoms with E-state index in [0.717, 1.165) is 5.56 Å². The number of nitrogens with two attached hydrogens (primary N) is 1. The highest BCUT2D eigenvalue weighted by Crippen LogP contribution is 2.39. The molecule has 0 radical (unpaired) electrons. The average Bonchev–Trinajstić information content (AvgIpc) is 3.07. The second-order valence-electron chi connectivity index (χ2n) is 12.0. The van der Waals surface area contributed by atoms with Crippen LogP contribution < -0.4 is 21.1 Å². The van der Waals surface area contributed by atoms with E-state index in [1.54, 1.807) is 38.1 Å². The summed E-state index contributed by atoms with van der Waals surface area (Å²) < 4.78 is 5.85. The average molecular weight is 638 g/mol. The summed E-state index contributed by atoms with van der Waals surface area (Å²) in [6.07, 6.45) is 1.87. The molecule has 1 unspecified atom stereocenters. The third kappa shape index (κ3) is 7.25. The lowest BCUT2D eigenvalue weighted by Gasteiger charge is -2.40. The maximum Gasteiger partial charge on any atom is 0.322 e. The second-order valence-corrected chi connectivity index (χ2v) is 12.0. The van der Waals surface area contributed by atoms with Gasteiger partial charge in [-0.3, -0.25) is 24.5 Å². The number of amides is 2. The van der Waals surface area contributed by atoms with Crippen molar-refractivity contribution in [1.82, 2.24) is 15.5 Å². The van der Waals surface area contributed by atoms with Crippen LogP contribution in [-0.4, -0.2) is 53.8 Å². The summed E-state index contributed by atoms with van der Waals surface area (Å²) in [5.74, 6) is -1.54. The summed E-state index contributed by atoms with van der Waals surface area (Å²) in [4.78, 5) is 52.7. The Balaban J connectivity index is 1.22. The molecule has 2 aliphatic rings. The van der Waals surface area contributed by atoms with Gasteiger partial charge in [-0.15, -0.1) is 0 Å². The molecule has 2 heterocycles. The maximum atomic E-state index is 13.6. The molecule has 0 aromatic heterocycles. The molecule has 3 aromatic carbocycles. The van der Waals surface area contributed by atoms with Crippen molar-refractivity contribution in [3.05, 3.63) is 129 Å². The van der Waals surface area contributed by atoms with E-state index in [1.165, 1.54) is 12.1 Å². The first kappa shape index (κ1) is 33.1. The highest BCUT2D eigenvalue weighted by atomic mass is 16.6. The van der Waals surface area contributed by atoms with Gasteiger partial charge < -0.3 is 26.0 Å². The van der Waals surface area contributed by atoms with Gasteiger partial charge in [-0.05, 0) is 76.0 Å². The number of carbonyl (C=O) groups is 3. The van der Waals surface area contributed by atoms with E-state index in [0.29, 0.717) is 73.7 Å². The molecule has 2 aliphatic heterocycles. The van der Waals surface area contributed by atoms with Crippen LogP contribution in [-0.2, 0) is 19.8 Å². The van der Waals surface area contributed by atoms with Crippen LogP contribution in [0.25, 0.3) is 0 Å². The zero-order valence-corrected chi connectivity index (χ0v) is 26.5. The first-order chi connectivity index (χ1) is 22.6. The van der Waals surface area contributed by atoms with Gasteiger partial charge in [0.05, 0.1) is 10.3 Å². The number of hydrogen-bond acceptors (Lipinski definition) is 8. The highest BCUT2D eigenvalue weighted by molar-refractivity contribution is 6.03. The van der Waals surface area contributed by atoms with Crippen LogP contribution in [0.1, 0.15) is 50.2 Å². The van der Waals surface area contributed by atoms with Gasteiger partial charge in [0, 0.05) is 47.1 Å². The van der Waals surface area contributed by atoms with E-state index in [-0.39, 0.29) is 23.1 Å². The molecule has 0 bridgehead atoms. The van der Waals surface area contributed by atoms with Crippen molar-refractivity contribution >= 4 is 23.5 Å². The topological polar surface area (TPSA) is 157 Å². The zero-order chi connectivity index (χ0) is 33.6. The Morgan fingerprint density at radius 1 is 0.936 bits per heavy atom. The van der Waals surface area contributed by atoms with E-state index >= 15 is 0 Å². The number of non-ortho nitro benzene ring substituents is 1. The number of allylic oxidation sites excluding steroid dienone is 2. The monoisotopic (exact) mass is 637 g/mol. The minimum atomic E-state index is -0.779. The molecule has 0 saturated carbocycles. The van der Waals surface area contributed by atoms with Gasteiger partial charge in [-0.2, -0.15) is 0 Å². The molecule has 0 spiro atoms. The minimum Gasteiger partial charge on any atom is -0.426 e. The minimum absolute atomic E-state index is 0.0949. The predicted molar refractivity (Wildman–Crippen MR) is 177 cm³/mol. The van der Waals surface area contributed by atoms with Crippen molar-refractivity contribution in [2.24, 2.45) is 5.73 Å². The summed E-state index contributed by atoms with van der Waals surface area (Å²) >= 11 is 0. The molecule has 3 aromatic rings. The number of nitrogens with one attached hydrogen (secondary N) is 2. The van der Waals surface area contributed by atoms with Crippen molar-refractivity contribution in [1.29, 1.82) is 0 Å². The molecule has 244 valence electrons. The number of hydrogen-bond donors (Lipinski definition) is 3. The second kappa shape index (κ2) is 14.4. The number of rotatable bonds is 11. The first-order valence-corrected chi connectivity index (χ1v) is 15.7. The number of benzene rings is 3. The molecular weight excluding hydrogens is 598 g/mol. The van der Waals surface area contributed by atoms with Crippen molar-refractivity contribution in [3.8, 4) is 5.75 Å². The molecule has 5 rings (SSSR count). The van der Waals surface area contributed by atoms with Crippen LogP contribution in [0.3, 0.4) is 0 Å². The lowest BCUT2D eigenvalue weighted by Crippen LogP contribution is -2.49. The van der Waals surface area contributed by atoms with Crippen LogP contribution in [0, 0.1) is 10.1 Å². The van der Waals surface area contributed by atoms with Crippen molar-refractivity contribution in [3.63, 3.8) is 0 Å². The molecule has 11 heteroatoms. The third-order valence-corrected chi connectivity index (χ3v) is 9.02. The summed E-state index contributed by atoms with van der Waals surface area (Å²) in [5, 5.41) is 17.3. The quantitative estimate of drug-likeness (QED) is 0.0915. The van der Waals surface area contributed by atoms with Crippen LogP contribution in [0.2, 0.25) is 0 Å². The van der Waals surface area contributed by atoms with Crippen molar-refractivity contribution in [2.45, 2.75) is 44.4 Å².